The van der Waals surface area contributed by atoms with Crippen LogP contribution in [0.3, 0.4) is 0 Å². The highest BCUT2D eigenvalue weighted by molar-refractivity contribution is 6.04. The summed E-state index contributed by atoms with van der Waals surface area (Å²) < 4.78 is 28.2. The quantitative estimate of drug-likeness (QED) is 0.826. The van der Waals surface area contributed by atoms with Crippen molar-refractivity contribution in [1.82, 2.24) is 0 Å². The Morgan fingerprint density at radius 2 is 1.71 bits per heavy atom. The standard InChI is InChI=1S/C18H18F2N2O2/c1-2-3-9-15(23)22-17-13(19)10-11-14(16(17)20)21-18(24)12-7-5-4-6-8-12/h4-8,10-11H,2-3,9H2,1H3,(H,21,24)(H,22,23). The van der Waals surface area contributed by atoms with Crippen LogP contribution in [0.25, 0.3) is 0 Å². The van der Waals surface area contributed by atoms with Crippen LogP contribution < -0.4 is 10.6 Å². The van der Waals surface area contributed by atoms with Gasteiger partial charge in [-0.2, -0.15) is 0 Å². The van der Waals surface area contributed by atoms with Gasteiger partial charge in [0.2, 0.25) is 5.91 Å². The minimum absolute atomic E-state index is 0.177. The maximum atomic E-state index is 14.4. The molecule has 0 saturated heterocycles. The summed E-state index contributed by atoms with van der Waals surface area (Å²) in [5.41, 5.74) is -0.409. The van der Waals surface area contributed by atoms with Crippen molar-refractivity contribution in [1.29, 1.82) is 0 Å². The van der Waals surface area contributed by atoms with Gasteiger partial charge in [0.05, 0.1) is 5.69 Å². The van der Waals surface area contributed by atoms with Gasteiger partial charge in [-0.05, 0) is 30.7 Å². The highest BCUT2D eigenvalue weighted by Crippen LogP contribution is 2.26. The first-order chi connectivity index (χ1) is 11.5. The molecule has 0 aliphatic heterocycles. The molecular weight excluding hydrogens is 314 g/mol. The third-order valence-electron chi connectivity index (χ3n) is 3.40. The van der Waals surface area contributed by atoms with Crippen LogP contribution in [0, 0.1) is 11.6 Å². The number of rotatable bonds is 6. The van der Waals surface area contributed by atoms with Crippen LogP contribution >= 0.6 is 0 Å². The number of hydrogen-bond donors (Lipinski definition) is 2. The van der Waals surface area contributed by atoms with Gasteiger partial charge < -0.3 is 10.6 Å². The SMILES string of the molecule is CCCCC(=O)Nc1c(F)ccc(NC(=O)c2ccccc2)c1F. The Bertz CT molecular complexity index is 733. The number of carbonyl (C=O) groups excluding carboxylic acids is 2. The molecule has 0 saturated carbocycles. The number of nitrogens with one attached hydrogen (secondary N) is 2. The average Bonchev–Trinajstić information content (AvgIpc) is 2.60. The largest absolute Gasteiger partial charge is 0.321 e. The summed E-state index contributed by atoms with van der Waals surface area (Å²) >= 11 is 0. The van der Waals surface area contributed by atoms with Gasteiger partial charge in [-0.15, -0.1) is 0 Å². The minimum atomic E-state index is -1.01. The highest BCUT2D eigenvalue weighted by Gasteiger charge is 2.17. The molecule has 2 aromatic carbocycles. The van der Waals surface area contributed by atoms with E-state index in [4.69, 9.17) is 0 Å². The average molecular weight is 332 g/mol. The van der Waals surface area contributed by atoms with Crippen LogP contribution in [0.5, 0.6) is 0 Å². The van der Waals surface area contributed by atoms with Crippen LogP contribution in [-0.2, 0) is 4.79 Å². The molecule has 0 spiro atoms. The molecule has 2 aromatic rings. The molecule has 0 aliphatic carbocycles. The van der Waals surface area contributed by atoms with Crippen molar-refractivity contribution >= 4 is 23.2 Å². The molecule has 0 radical (unpaired) electrons. The van der Waals surface area contributed by atoms with Gasteiger partial charge in [0.25, 0.3) is 5.91 Å². The Morgan fingerprint density at radius 1 is 1.00 bits per heavy atom. The molecular formula is C18H18F2N2O2. The molecule has 2 N–H and O–H groups in total. The first-order valence-electron chi connectivity index (χ1n) is 7.67. The Hall–Kier alpha value is -2.76. The van der Waals surface area contributed by atoms with Crippen LogP contribution in [0.2, 0.25) is 0 Å². The van der Waals surface area contributed by atoms with Gasteiger partial charge >= 0.3 is 0 Å². The molecule has 0 aliphatic rings. The van der Waals surface area contributed by atoms with Crippen LogP contribution in [0.4, 0.5) is 20.2 Å². The van der Waals surface area contributed by atoms with Crippen molar-refractivity contribution in [3.8, 4) is 0 Å². The Balaban J connectivity index is 2.18. The lowest BCUT2D eigenvalue weighted by atomic mass is 10.2. The van der Waals surface area contributed by atoms with E-state index in [0.717, 1.165) is 18.6 Å². The second-order valence-corrected chi connectivity index (χ2v) is 5.26. The molecule has 4 nitrogen and oxygen atoms in total. The molecule has 0 aromatic heterocycles. The number of benzene rings is 2. The van der Waals surface area contributed by atoms with E-state index >= 15 is 0 Å². The first-order valence-corrected chi connectivity index (χ1v) is 7.67. The van der Waals surface area contributed by atoms with E-state index in [1.54, 1.807) is 30.3 Å². The van der Waals surface area contributed by atoms with Crippen molar-refractivity contribution in [3.05, 3.63) is 59.7 Å². The van der Waals surface area contributed by atoms with Crippen molar-refractivity contribution in [3.63, 3.8) is 0 Å². The minimum Gasteiger partial charge on any atom is -0.321 e. The van der Waals surface area contributed by atoms with Gasteiger partial charge in [0.1, 0.15) is 11.5 Å². The van der Waals surface area contributed by atoms with E-state index in [1.807, 2.05) is 6.92 Å². The lowest BCUT2D eigenvalue weighted by Gasteiger charge is -2.12. The number of unbranched alkanes of at least 4 members (excludes halogenated alkanes) is 1. The number of halogens is 2. The Morgan fingerprint density at radius 3 is 2.38 bits per heavy atom. The molecule has 0 fully saturated rings. The van der Waals surface area contributed by atoms with Crippen LogP contribution in [0.1, 0.15) is 36.5 Å². The fraction of sp³-hybridized carbons (Fsp3) is 0.222. The fourth-order valence-electron chi connectivity index (χ4n) is 2.09. The normalized spacial score (nSPS) is 10.3. The second-order valence-electron chi connectivity index (χ2n) is 5.26. The molecule has 126 valence electrons. The lowest BCUT2D eigenvalue weighted by Crippen LogP contribution is -2.17. The third kappa shape index (κ3) is 4.38. The van der Waals surface area contributed by atoms with Crippen LogP contribution in [0.15, 0.2) is 42.5 Å². The summed E-state index contributed by atoms with van der Waals surface area (Å²) in [5.74, 6) is -2.90. The van der Waals surface area contributed by atoms with Gasteiger partial charge in [0.15, 0.2) is 5.82 Å². The van der Waals surface area contributed by atoms with E-state index in [9.17, 15) is 18.4 Å². The van der Waals surface area contributed by atoms with E-state index in [1.165, 1.54) is 0 Å². The zero-order chi connectivity index (χ0) is 17.5. The molecule has 2 amide bonds. The fourth-order valence-corrected chi connectivity index (χ4v) is 2.09. The molecule has 6 heteroatoms. The second kappa shape index (κ2) is 8.19. The summed E-state index contributed by atoms with van der Waals surface area (Å²) in [6.45, 7) is 1.91. The molecule has 0 atom stereocenters. The zero-order valence-electron chi connectivity index (χ0n) is 13.2. The van der Waals surface area contributed by atoms with Crippen molar-refractivity contribution < 1.29 is 18.4 Å². The van der Waals surface area contributed by atoms with E-state index in [-0.39, 0.29) is 12.1 Å². The van der Waals surface area contributed by atoms with Crippen molar-refractivity contribution in [2.75, 3.05) is 10.6 Å². The first kappa shape index (κ1) is 17.6. The van der Waals surface area contributed by atoms with E-state index in [0.29, 0.717) is 12.0 Å². The highest BCUT2D eigenvalue weighted by atomic mass is 19.1. The molecule has 2 rings (SSSR count). The van der Waals surface area contributed by atoms with Crippen LogP contribution in [-0.4, -0.2) is 11.8 Å². The summed E-state index contributed by atoms with van der Waals surface area (Å²) in [6, 6.07) is 10.4. The summed E-state index contributed by atoms with van der Waals surface area (Å²) in [6.07, 6.45) is 1.60. The number of amides is 2. The Kier molecular flexibility index (Phi) is 6.01. The molecule has 0 bridgehead atoms. The van der Waals surface area contributed by atoms with Gasteiger partial charge in [-0.25, -0.2) is 8.78 Å². The van der Waals surface area contributed by atoms with Gasteiger partial charge in [-0.3, -0.25) is 9.59 Å². The number of carbonyl (C=O) groups is 2. The monoisotopic (exact) mass is 332 g/mol. The maximum absolute atomic E-state index is 14.4. The Labute approximate surface area is 138 Å². The summed E-state index contributed by atoms with van der Waals surface area (Å²) in [4.78, 5) is 23.8. The number of hydrogen-bond acceptors (Lipinski definition) is 2. The predicted octanol–water partition coefficient (Wildman–Crippen LogP) is 4.35. The van der Waals surface area contributed by atoms with E-state index < -0.39 is 29.1 Å². The van der Waals surface area contributed by atoms with Crippen molar-refractivity contribution in [2.24, 2.45) is 0 Å². The predicted molar refractivity (Wildman–Crippen MR) is 88.9 cm³/mol. The molecule has 0 unspecified atom stereocenters. The topological polar surface area (TPSA) is 58.2 Å². The van der Waals surface area contributed by atoms with Gasteiger partial charge in [0, 0.05) is 12.0 Å². The molecule has 0 heterocycles. The molecule has 24 heavy (non-hydrogen) atoms. The third-order valence-corrected chi connectivity index (χ3v) is 3.40. The number of anilines is 2. The summed E-state index contributed by atoms with van der Waals surface area (Å²) in [5, 5.41) is 4.61. The van der Waals surface area contributed by atoms with Gasteiger partial charge in [-0.1, -0.05) is 31.5 Å². The maximum Gasteiger partial charge on any atom is 0.255 e. The smallest absolute Gasteiger partial charge is 0.255 e. The van der Waals surface area contributed by atoms with E-state index in [2.05, 4.69) is 10.6 Å². The lowest BCUT2D eigenvalue weighted by molar-refractivity contribution is -0.116. The van der Waals surface area contributed by atoms with Crippen molar-refractivity contribution in [2.45, 2.75) is 26.2 Å². The summed E-state index contributed by atoms with van der Waals surface area (Å²) in [7, 11) is 0. The zero-order valence-corrected chi connectivity index (χ0v) is 13.2.